The average molecular weight is 432 g/mol. The van der Waals surface area contributed by atoms with Gasteiger partial charge in [0, 0.05) is 30.6 Å². The maximum Gasteiger partial charge on any atom is 0.228 e. The predicted octanol–water partition coefficient (Wildman–Crippen LogP) is 4.01. The van der Waals surface area contributed by atoms with E-state index in [1.54, 1.807) is 25.2 Å². The fourth-order valence-corrected chi connectivity index (χ4v) is 2.92. The van der Waals surface area contributed by atoms with Crippen molar-refractivity contribution in [2.24, 2.45) is 4.99 Å². The summed E-state index contributed by atoms with van der Waals surface area (Å²) in [6.45, 7) is 2.45. The van der Waals surface area contributed by atoms with Crippen molar-refractivity contribution in [2.75, 3.05) is 20.7 Å². The standard InChI is InChI=1S/C21H23ClFN5O2/c1-13(15-6-9-18(29-3)17(23)12-15)26-21(24-2)25-11-10-19-27-20(28-30-19)14-4-7-16(22)8-5-14/h4-9,12-13H,10-11H2,1-3H3,(H2,24,25,26). The lowest BCUT2D eigenvalue weighted by Crippen LogP contribution is -2.39. The molecule has 0 spiro atoms. The van der Waals surface area contributed by atoms with Crippen LogP contribution in [0.5, 0.6) is 5.75 Å². The Kier molecular flexibility index (Phi) is 7.24. The number of methoxy groups -OCH3 is 1. The molecule has 0 saturated heterocycles. The Labute approximate surface area is 179 Å². The fourth-order valence-electron chi connectivity index (χ4n) is 2.80. The van der Waals surface area contributed by atoms with E-state index in [9.17, 15) is 4.39 Å². The fraction of sp³-hybridized carbons (Fsp3) is 0.286. The molecule has 1 unspecified atom stereocenters. The molecule has 0 bridgehead atoms. The van der Waals surface area contributed by atoms with E-state index in [1.807, 2.05) is 25.1 Å². The van der Waals surface area contributed by atoms with Crippen LogP contribution < -0.4 is 15.4 Å². The molecule has 0 amide bonds. The maximum absolute atomic E-state index is 13.9. The quantitative estimate of drug-likeness (QED) is 0.434. The van der Waals surface area contributed by atoms with Crippen molar-refractivity contribution in [3.63, 3.8) is 0 Å². The van der Waals surface area contributed by atoms with Gasteiger partial charge in [-0.1, -0.05) is 22.8 Å². The van der Waals surface area contributed by atoms with Gasteiger partial charge in [0.25, 0.3) is 0 Å². The number of benzene rings is 2. The van der Waals surface area contributed by atoms with Crippen LogP contribution >= 0.6 is 11.6 Å². The van der Waals surface area contributed by atoms with Crippen molar-refractivity contribution in [1.29, 1.82) is 0 Å². The van der Waals surface area contributed by atoms with Gasteiger partial charge in [-0.15, -0.1) is 0 Å². The van der Waals surface area contributed by atoms with E-state index >= 15 is 0 Å². The van der Waals surface area contributed by atoms with Crippen molar-refractivity contribution in [1.82, 2.24) is 20.8 Å². The molecule has 7 nitrogen and oxygen atoms in total. The minimum absolute atomic E-state index is 0.156. The molecule has 1 atom stereocenters. The molecule has 0 aliphatic rings. The molecule has 1 aromatic heterocycles. The van der Waals surface area contributed by atoms with E-state index in [0.29, 0.717) is 35.7 Å². The highest BCUT2D eigenvalue weighted by atomic mass is 35.5. The van der Waals surface area contributed by atoms with Gasteiger partial charge in [-0.05, 0) is 48.9 Å². The molecule has 0 aliphatic carbocycles. The van der Waals surface area contributed by atoms with E-state index in [-0.39, 0.29) is 11.8 Å². The second-order valence-electron chi connectivity index (χ2n) is 6.53. The van der Waals surface area contributed by atoms with E-state index in [1.165, 1.54) is 13.2 Å². The van der Waals surface area contributed by atoms with Crippen molar-refractivity contribution >= 4 is 17.6 Å². The summed E-state index contributed by atoms with van der Waals surface area (Å²) in [6, 6.07) is 11.9. The number of hydrogen-bond acceptors (Lipinski definition) is 5. The van der Waals surface area contributed by atoms with E-state index in [2.05, 4.69) is 25.8 Å². The Morgan fingerprint density at radius 2 is 2.03 bits per heavy atom. The summed E-state index contributed by atoms with van der Waals surface area (Å²) in [5.41, 5.74) is 1.61. The zero-order chi connectivity index (χ0) is 21.5. The molecular weight excluding hydrogens is 409 g/mol. The molecule has 30 heavy (non-hydrogen) atoms. The average Bonchev–Trinajstić information content (AvgIpc) is 3.22. The summed E-state index contributed by atoms with van der Waals surface area (Å²) in [4.78, 5) is 8.59. The van der Waals surface area contributed by atoms with Gasteiger partial charge in [0.1, 0.15) is 0 Å². The summed E-state index contributed by atoms with van der Waals surface area (Å²) in [6.07, 6.45) is 0.521. The number of nitrogens with one attached hydrogen (secondary N) is 2. The molecule has 0 fully saturated rings. The summed E-state index contributed by atoms with van der Waals surface area (Å²) in [5.74, 6) is 1.41. The van der Waals surface area contributed by atoms with E-state index in [4.69, 9.17) is 20.9 Å². The van der Waals surface area contributed by atoms with E-state index in [0.717, 1.165) is 11.1 Å². The van der Waals surface area contributed by atoms with Crippen LogP contribution in [0.3, 0.4) is 0 Å². The van der Waals surface area contributed by atoms with Crippen molar-refractivity contribution in [3.05, 3.63) is 64.8 Å². The van der Waals surface area contributed by atoms with Gasteiger partial charge in [0.05, 0.1) is 13.2 Å². The monoisotopic (exact) mass is 431 g/mol. The first-order chi connectivity index (χ1) is 14.5. The number of nitrogens with zero attached hydrogens (tertiary/aromatic N) is 3. The van der Waals surface area contributed by atoms with Gasteiger partial charge >= 0.3 is 0 Å². The molecule has 1 heterocycles. The highest BCUT2D eigenvalue weighted by Gasteiger charge is 2.12. The van der Waals surface area contributed by atoms with Crippen LogP contribution in [0.1, 0.15) is 24.4 Å². The molecule has 2 N–H and O–H groups in total. The van der Waals surface area contributed by atoms with Crippen LogP contribution in [0.4, 0.5) is 4.39 Å². The Morgan fingerprint density at radius 3 is 2.70 bits per heavy atom. The Hall–Kier alpha value is -3.13. The number of aliphatic imine (C=N–C) groups is 1. The maximum atomic E-state index is 13.9. The van der Waals surface area contributed by atoms with Crippen LogP contribution in [0.15, 0.2) is 52.0 Å². The number of rotatable bonds is 7. The first-order valence-corrected chi connectivity index (χ1v) is 9.77. The lowest BCUT2D eigenvalue weighted by atomic mass is 10.1. The Morgan fingerprint density at radius 1 is 1.27 bits per heavy atom. The Bertz CT molecular complexity index is 1010. The van der Waals surface area contributed by atoms with Gasteiger partial charge in [0.15, 0.2) is 17.5 Å². The van der Waals surface area contributed by atoms with Crippen LogP contribution in [0.2, 0.25) is 5.02 Å². The van der Waals surface area contributed by atoms with E-state index < -0.39 is 5.82 Å². The van der Waals surface area contributed by atoms with Gasteiger partial charge in [-0.3, -0.25) is 4.99 Å². The highest BCUT2D eigenvalue weighted by Crippen LogP contribution is 2.22. The number of guanidine groups is 1. The minimum atomic E-state index is -0.403. The predicted molar refractivity (Wildman–Crippen MR) is 114 cm³/mol. The summed E-state index contributed by atoms with van der Waals surface area (Å²) in [5, 5.41) is 11.1. The molecule has 0 radical (unpaired) electrons. The number of ether oxygens (including phenoxy) is 1. The molecule has 0 saturated carbocycles. The highest BCUT2D eigenvalue weighted by molar-refractivity contribution is 6.30. The third-order valence-electron chi connectivity index (χ3n) is 4.45. The minimum Gasteiger partial charge on any atom is -0.494 e. The van der Waals surface area contributed by atoms with Crippen molar-refractivity contribution in [3.8, 4) is 17.1 Å². The molecule has 9 heteroatoms. The number of hydrogen-bond donors (Lipinski definition) is 2. The lowest BCUT2D eigenvalue weighted by Gasteiger charge is -2.18. The van der Waals surface area contributed by atoms with Crippen LogP contribution in [0.25, 0.3) is 11.4 Å². The van der Waals surface area contributed by atoms with Gasteiger partial charge in [0.2, 0.25) is 11.7 Å². The topological polar surface area (TPSA) is 84.6 Å². The first kappa shape index (κ1) is 21.6. The molecule has 2 aromatic carbocycles. The van der Waals surface area contributed by atoms with Gasteiger partial charge in [-0.25, -0.2) is 4.39 Å². The summed E-state index contributed by atoms with van der Waals surface area (Å²) in [7, 11) is 3.11. The summed E-state index contributed by atoms with van der Waals surface area (Å²) < 4.78 is 24.2. The second-order valence-corrected chi connectivity index (χ2v) is 6.96. The molecule has 158 valence electrons. The molecular formula is C21H23ClFN5O2. The van der Waals surface area contributed by atoms with Crippen LogP contribution in [-0.4, -0.2) is 36.8 Å². The smallest absolute Gasteiger partial charge is 0.228 e. The zero-order valence-electron chi connectivity index (χ0n) is 16.9. The summed E-state index contributed by atoms with van der Waals surface area (Å²) >= 11 is 5.90. The SMILES string of the molecule is CN=C(NCCc1nc(-c2ccc(Cl)cc2)no1)NC(C)c1ccc(OC)c(F)c1. The van der Waals surface area contributed by atoms with Crippen LogP contribution in [-0.2, 0) is 6.42 Å². The van der Waals surface area contributed by atoms with Gasteiger partial charge < -0.3 is 19.9 Å². The van der Waals surface area contributed by atoms with Gasteiger partial charge in [-0.2, -0.15) is 4.98 Å². The van der Waals surface area contributed by atoms with Crippen molar-refractivity contribution < 1.29 is 13.7 Å². The first-order valence-electron chi connectivity index (χ1n) is 9.39. The van der Waals surface area contributed by atoms with Crippen molar-refractivity contribution in [2.45, 2.75) is 19.4 Å². The third kappa shape index (κ3) is 5.48. The Balaban J connectivity index is 1.52. The van der Waals surface area contributed by atoms with Crippen LogP contribution in [0, 0.1) is 5.82 Å². The lowest BCUT2D eigenvalue weighted by molar-refractivity contribution is 0.378. The zero-order valence-corrected chi connectivity index (χ0v) is 17.7. The second kappa shape index (κ2) is 10.1. The third-order valence-corrected chi connectivity index (χ3v) is 4.71. The largest absolute Gasteiger partial charge is 0.494 e. The number of aromatic nitrogens is 2. The molecule has 0 aliphatic heterocycles. The molecule has 3 rings (SSSR count). The molecule has 3 aromatic rings. The number of halogens is 2. The normalized spacial score (nSPS) is 12.5.